The van der Waals surface area contributed by atoms with Crippen molar-refractivity contribution in [3.8, 4) is 0 Å². The molecule has 0 nitrogen and oxygen atoms in total. The lowest BCUT2D eigenvalue weighted by molar-refractivity contribution is 1.78. The SMILES string of the molecule is c1c2ccc(cc2)c2ccccc2c2ccccc2c2ccc(c#1)cc2. The van der Waals surface area contributed by atoms with Crippen LogP contribution < -0.4 is 0 Å². The molecule has 8 aromatic carbocycles. The largest absolute Gasteiger partial charge is 0.0617 e. The summed E-state index contributed by atoms with van der Waals surface area (Å²) in [6.45, 7) is 0. The zero-order valence-corrected chi connectivity index (χ0v) is 14.2. The van der Waals surface area contributed by atoms with Gasteiger partial charge in [-0.3, -0.25) is 0 Å². The third-order valence-electron chi connectivity index (χ3n) is 4.89. The van der Waals surface area contributed by atoms with Crippen molar-refractivity contribution in [2.45, 2.75) is 0 Å². The predicted octanol–water partition coefficient (Wildman–Crippen LogP) is 7.02. The van der Waals surface area contributed by atoms with Crippen LogP contribution in [0.5, 0.6) is 0 Å². The first-order chi connectivity index (χ1) is 12.9. The average molecular weight is 328 g/mol. The molecule has 0 aliphatic rings. The number of hydrogen-bond acceptors (Lipinski definition) is 0. The van der Waals surface area contributed by atoms with E-state index in [1.54, 1.807) is 0 Å². The van der Waals surface area contributed by atoms with E-state index in [2.05, 4.69) is 109 Å². The predicted molar refractivity (Wildman–Crippen MR) is 112 cm³/mol. The molecule has 0 aromatic heterocycles. The van der Waals surface area contributed by atoms with E-state index in [1.807, 2.05) is 0 Å². The molecule has 0 fully saturated rings. The monoisotopic (exact) mass is 328 g/mol. The van der Waals surface area contributed by atoms with Gasteiger partial charge in [0.05, 0.1) is 0 Å². The summed E-state index contributed by atoms with van der Waals surface area (Å²) >= 11 is 0. The van der Waals surface area contributed by atoms with Gasteiger partial charge in [-0.05, 0) is 56.6 Å². The van der Waals surface area contributed by atoms with Crippen molar-refractivity contribution >= 4 is 43.1 Å². The van der Waals surface area contributed by atoms with Crippen LogP contribution in [0.1, 0.15) is 0 Å². The molecule has 0 heteroatoms. The molecule has 0 aliphatic carbocycles. The normalized spacial score (nSPS) is 10.8. The van der Waals surface area contributed by atoms with Gasteiger partial charge in [0.25, 0.3) is 0 Å². The Labute approximate surface area is 152 Å². The molecule has 0 amide bonds. The zero-order valence-electron chi connectivity index (χ0n) is 14.2. The summed E-state index contributed by atoms with van der Waals surface area (Å²) in [5.74, 6) is 0. The summed E-state index contributed by atoms with van der Waals surface area (Å²) in [7, 11) is 0. The van der Waals surface area contributed by atoms with E-state index < -0.39 is 0 Å². The Morgan fingerprint density at radius 3 is 1.08 bits per heavy atom. The fourth-order valence-corrected chi connectivity index (χ4v) is 3.55. The lowest BCUT2D eigenvalue weighted by Crippen LogP contribution is -1.76. The Kier molecular flexibility index (Phi) is 3.44. The number of hydrogen-bond donors (Lipinski definition) is 0. The van der Waals surface area contributed by atoms with Crippen molar-refractivity contribution in [2.75, 3.05) is 0 Å². The van der Waals surface area contributed by atoms with Crippen LogP contribution in [0.3, 0.4) is 0 Å². The highest BCUT2D eigenvalue weighted by Gasteiger charge is 2.00. The third kappa shape index (κ3) is 2.51. The molecule has 0 saturated heterocycles. The van der Waals surface area contributed by atoms with Crippen molar-refractivity contribution in [1.29, 1.82) is 0 Å². The molecule has 0 unspecified atom stereocenters. The summed E-state index contributed by atoms with van der Waals surface area (Å²) in [4.78, 5) is 0. The first-order valence-electron chi connectivity index (χ1n) is 8.80. The molecule has 8 aromatic rings. The van der Waals surface area contributed by atoms with Crippen LogP contribution in [0.15, 0.2) is 97.1 Å². The van der Waals surface area contributed by atoms with E-state index in [9.17, 15) is 0 Å². The Morgan fingerprint density at radius 1 is 0.346 bits per heavy atom. The van der Waals surface area contributed by atoms with Crippen molar-refractivity contribution in [3.05, 3.63) is 109 Å². The third-order valence-corrected chi connectivity index (χ3v) is 4.89. The minimum absolute atomic E-state index is 1.03. The Hall–Kier alpha value is -3.56. The van der Waals surface area contributed by atoms with E-state index in [0.29, 0.717) is 0 Å². The zero-order chi connectivity index (χ0) is 17.3. The summed E-state index contributed by atoms with van der Waals surface area (Å²) in [5.41, 5.74) is 0. The molecule has 8 rings (SSSR count). The molecule has 26 heavy (non-hydrogen) atoms. The van der Waals surface area contributed by atoms with Gasteiger partial charge in [-0.15, -0.1) is 0 Å². The molecule has 0 radical (unpaired) electrons. The maximum absolute atomic E-state index is 3.26. The minimum Gasteiger partial charge on any atom is -0.0617 e. The maximum Gasteiger partial charge on any atom is 0.0249 e. The lowest BCUT2D eigenvalue weighted by Gasteiger charge is -2.03. The van der Waals surface area contributed by atoms with E-state index >= 15 is 0 Å². The van der Waals surface area contributed by atoms with Crippen LogP contribution >= 0.6 is 0 Å². The highest BCUT2D eigenvalue weighted by atomic mass is 14.0. The molecule has 0 N–H and O–H groups in total. The molecule has 0 heterocycles. The van der Waals surface area contributed by atoms with Crippen LogP contribution in [0.2, 0.25) is 0 Å². The number of benzene rings is 4. The summed E-state index contributed by atoms with van der Waals surface area (Å²) in [5, 5.41) is 9.49. The highest BCUT2D eigenvalue weighted by Crippen LogP contribution is 2.27. The summed E-state index contributed by atoms with van der Waals surface area (Å²) in [6.07, 6.45) is 0. The van der Waals surface area contributed by atoms with Gasteiger partial charge < -0.3 is 0 Å². The quantitative estimate of drug-likeness (QED) is 0.286. The van der Waals surface area contributed by atoms with Crippen LogP contribution in [0.25, 0.3) is 43.1 Å². The minimum atomic E-state index is 1.03. The van der Waals surface area contributed by atoms with Crippen molar-refractivity contribution in [1.82, 2.24) is 0 Å². The van der Waals surface area contributed by atoms with E-state index in [1.165, 1.54) is 32.3 Å². The molecule has 0 spiro atoms. The standard InChI is InChI=1S/C26H16/c1-3-7-25-23(5-1)21-15-11-19(12-16-21)9-10-20-13-17-22(18-14-20)24-6-2-4-8-26(24)25/h1-8,11-18H. The van der Waals surface area contributed by atoms with Crippen molar-refractivity contribution < 1.29 is 0 Å². The molecule has 0 aliphatic heterocycles. The van der Waals surface area contributed by atoms with E-state index in [0.717, 1.165) is 10.8 Å². The molecule has 4 bridgehead atoms. The fourth-order valence-electron chi connectivity index (χ4n) is 3.55. The topological polar surface area (TPSA) is 0 Å². The summed E-state index contributed by atoms with van der Waals surface area (Å²) < 4.78 is 0. The van der Waals surface area contributed by atoms with Gasteiger partial charge in [-0.1, -0.05) is 84.9 Å². The molecule has 120 valence electrons. The Bertz CT molecular complexity index is 1180. The van der Waals surface area contributed by atoms with Gasteiger partial charge >= 0.3 is 0 Å². The smallest absolute Gasteiger partial charge is 0.0249 e. The molecular formula is C26H16. The maximum atomic E-state index is 3.26. The average Bonchev–Trinajstić information content (AvgIpc) is 2.73. The Balaban J connectivity index is 2.13. The van der Waals surface area contributed by atoms with Gasteiger partial charge in [0.15, 0.2) is 0 Å². The second kappa shape index (κ2) is 6.06. The van der Waals surface area contributed by atoms with Gasteiger partial charge in [-0.2, -0.15) is 0 Å². The van der Waals surface area contributed by atoms with Crippen LogP contribution in [-0.2, 0) is 0 Å². The molecule has 0 saturated carbocycles. The van der Waals surface area contributed by atoms with Gasteiger partial charge in [0.1, 0.15) is 0 Å². The van der Waals surface area contributed by atoms with Gasteiger partial charge in [0.2, 0.25) is 0 Å². The van der Waals surface area contributed by atoms with Gasteiger partial charge in [0, 0.05) is 10.8 Å². The van der Waals surface area contributed by atoms with E-state index in [4.69, 9.17) is 0 Å². The number of rotatable bonds is 0. The van der Waals surface area contributed by atoms with Crippen LogP contribution in [0.4, 0.5) is 0 Å². The van der Waals surface area contributed by atoms with Crippen LogP contribution in [0, 0.1) is 12.1 Å². The van der Waals surface area contributed by atoms with Crippen molar-refractivity contribution in [2.24, 2.45) is 0 Å². The van der Waals surface area contributed by atoms with Gasteiger partial charge in [-0.25, -0.2) is 0 Å². The molecular weight excluding hydrogens is 312 g/mol. The second-order valence-electron chi connectivity index (χ2n) is 6.50. The fraction of sp³-hybridized carbons (Fsp3) is 0. The Morgan fingerprint density at radius 2 is 0.692 bits per heavy atom. The van der Waals surface area contributed by atoms with E-state index in [-0.39, 0.29) is 0 Å². The van der Waals surface area contributed by atoms with Crippen LogP contribution in [-0.4, -0.2) is 0 Å². The molecule has 0 atom stereocenters. The second-order valence-corrected chi connectivity index (χ2v) is 6.50. The van der Waals surface area contributed by atoms with Crippen molar-refractivity contribution in [3.63, 3.8) is 0 Å². The first-order valence-corrected chi connectivity index (χ1v) is 8.80. The first kappa shape index (κ1) is 14.8. The lowest BCUT2D eigenvalue weighted by atomic mass is 10.0. The summed E-state index contributed by atoms with van der Waals surface area (Å²) in [6, 6.07) is 40.8. The highest BCUT2D eigenvalue weighted by molar-refractivity contribution is 6.14.